The molecule has 1 fully saturated rings. The lowest BCUT2D eigenvalue weighted by atomic mass is 9.99. The van der Waals surface area contributed by atoms with E-state index in [1.165, 1.54) is 12.0 Å². The van der Waals surface area contributed by atoms with Gasteiger partial charge in [0.1, 0.15) is 0 Å². The third-order valence-corrected chi connectivity index (χ3v) is 2.61. The van der Waals surface area contributed by atoms with E-state index in [4.69, 9.17) is 4.74 Å². The van der Waals surface area contributed by atoms with E-state index in [1.54, 1.807) is 0 Å². The van der Waals surface area contributed by atoms with Crippen LogP contribution < -0.4 is 0 Å². The van der Waals surface area contributed by atoms with Gasteiger partial charge in [-0.3, -0.25) is 0 Å². The second-order valence-corrected chi connectivity index (χ2v) is 3.78. The molecule has 0 aromatic heterocycles. The molecule has 0 aromatic carbocycles. The van der Waals surface area contributed by atoms with Crippen molar-refractivity contribution in [2.24, 2.45) is 5.92 Å². The molecule has 11 heavy (non-hydrogen) atoms. The van der Waals surface area contributed by atoms with Gasteiger partial charge in [0.25, 0.3) is 0 Å². The van der Waals surface area contributed by atoms with Crippen molar-refractivity contribution in [3.63, 3.8) is 0 Å². The summed E-state index contributed by atoms with van der Waals surface area (Å²) in [6.07, 6.45) is 4.67. The van der Waals surface area contributed by atoms with Crippen LogP contribution in [-0.2, 0) is 4.74 Å². The summed E-state index contributed by atoms with van der Waals surface area (Å²) in [5.74, 6) is 0.703. The summed E-state index contributed by atoms with van der Waals surface area (Å²) in [7, 11) is 0. The summed E-state index contributed by atoms with van der Waals surface area (Å²) in [6, 6.07) is 0. The van der Waals surface area contributed by atoms with Crippen molar-refractivity contribution in [3.8, 4) is 0 Å². The molecule has 0 saturated carbocycles. The molecule has 2 heteroatoms. The second kappa shape index (κ2) is 4.94. The zero-order valence-electron chi connectivity index (χ0n) is 6.98. The van der Waals surface area contributed by atoms with Crippen LogP contribution in [0, 0.1) is 5.92 Å². The summed E-state index contributed by atoms with van der Waals surface area (Å²) in [6.45, 7) is 4.09. The van der Waals surface area contributed by atoms with E-state index in [9.17, 15) is 0 Å². The molecule has 1 saturated heterocycles. The number of hydrogen-bond donors (Lipinski definition) is 0. The van der Waals surface area contributed by atoms with Crippen LogP contribution in [0.1, 0.15) is 19.8 Å². The molecule has 1 rings (SSSR count). The van der Waals surface area contributed by atoms with E-state index < -0.39 is 0 Å². The highest BCUT2D eigenvalue weighted by atomic mass is 79.9. The predicted molar refractivity (Wildman–Crippen MR) is 51.1 cm³/mol. The molecule has 0 aliphatic carbocycles. The molecule has 0 N–H and O–H groups in total. The Balaban J connectivity index is 2.32. The molecule has 0 radical (unpaired) electrons. The Bertz CT molecular complexity index is 136. The van der Waals surface area contributed by atoms with E-state index in [2.05, 4.69) is 28.9 Å². The smallest absolute Gasteiger partial charge is 0.0532 e. The molecular weight excluding hydrogens is 204 g/mol. The van der Waals surface area contributed by atoms with E-state index in [0.29, 0.717) is 5.92 Å². The van der Waals surface area contributed by atoms with Crippen molar-refractivity contribution in [2.45, 2.75) is 19.8 Å². The molecule has 1 atom stereocenters. The van der Waals surface area contributed by atoms with Gasteiger partial charge in [0, 0.05) is 17.9 Å². The van der Waals surface area contributed by atoms with Crippen molar-refractivity contribution in [2.75, 3.05) is 18.5 Å². The molecular formula is C9H15BrO. The minimum absolute atomic E-state index is 0.703. The summed E-state index contributed by atoms with van der Waals surface area (Å²) < 4.78 is 5.31. The van der Waals surface area contributed by atoms with E-state index in [0.717, 1.165) is 25.0 Å². The van der Waals surface area contributed by atoms with Gasteiger partial charge in [0.15, 0.2) is 0 Å². The predicted octanol–water partition coefficient (Wildman–Crippen LogP) is 2.75. The maximum Gasteiger partial charge on any atom is 0.0532 e. The molecule has 0 bridgehead atoms. The molecule has 1 aliphatic heterocycles. The highest BCUT2D eigenvalue weighted by Gasteiger charge is 2.16. The lowest BCUT2D eigenvalue weighted by Crippen LogP contribution is -2.00. The van der Waals surface area contributed by atoms with Gasteiger partial charge in [-0.15, -0.1) is 0 Å². The van der Waals surface area contributed by atoms with Gasteiger partial charge in [0.05, 0.1) is 6.61 Å². The minimum atomic E-state index is 0.703. The SMILES string of the molecule is CC(=CCCBr)C1CCOC1. The first-order valence-corrected chi connectivity index (χ1v) is 5.27. The van der Waals surface area contributed by atoms with Crippen LogP contribution in [0.2, 0.25) is 0 Å². The van der Waals surface area contributed by atoms with Gasteiger partial charge in [-0.25, -0.2) is 0 Å². The number of ether oxygens (including phenoxy) is 1. The highest BCUT2D eigenvalue weighted by Crippen LogP contribution is 2.21. The Kier molecular flexibility index (Phi) is 4.16. The standard InChI is InChI=1S/C9H15BrO/c1-8(3-2-5-10)9-4-6-11-7-9/h3,9H,2,4-7H2,1H3. The van der Waals surface area contributed by atoms with Crippen LogP contribution in [0.3, 0.4) is 0 Å². The minimum Gasteiger partial charge on any atom is -0.381 e. The number of allylic oxidation sites excluding steroid dienone is 1. The van der Waals surface area contributed by atoms with Gasteiger partial charge in [-0.05, 0) is 19.8 Å². The first-order chi connectivity index (χ1) is 5.34. The first-order valence-electron chi connectivity index (χ1n) is 4.15. The lowest BCUT2D eigenvalue weighted by molar-refractivity contribution is 0.190. The average Bonchev–Trinajstić information content (AvgIpc) is 2.52. The molecule has 0 amide bonds. The highest BCUT2D eigenvalue weighted by molar-refractivity contribution is 9.09. The van der Waals surface area contributed by atoms with Crippen LogP contribution in [0.4, 0.5) is 0 Å². The summed E-state index contributed by atoms with van der Waals surface area (Å²) in [4.78, 5) is 0. The van der Waals surface area contributed by atoms with Crippen LogP contribution in [0.15, 0.2) is 11.6 Å². The molecule has 0 spiro atoms. The zero-order chi connectivity index (χ0) is 8.10. The Hall–Kier alpha value is 0.180. The van der Waals surface area contributed by atoms with E-state index in [-0.39, 0.29) is 0 Å². The number of alkyl halides is 1. The quantitative estimate of drug-likeness (QED) is 0.523. The maximum atomic E-state index is 5.31. The Morgan fingerprint density at radius 1 is 1.73 bits per heavy atom. The lowest BCUT2D eigenvalue weighted by Gasteiger charge is -2.06. The van der Waals surface area contributed by atoms with Crippen molar-refractivity contribution >= 4 is 15.9 Å². The second-order valence-electron chi connectivity index (χ2n) is 2.99. The summed E-state index contributed by atoms with van der Waals surface area (Å²) in [5, 5.41) is 1.07. The van der Waals surface area contributed by atoms with E-state index >= 15 is 0 Å². The van der Waals surface area contributed by atoms with Gasteiger partial charge in [-0.1, -0.05) is 27.6 Å². The Labute approximate surface area is 76.9 Å². The zero-order valence-corrected chi connectivity index (χ0v) is 8.56. The van der Waals surface area contributed by atoms with Gasteiger partial charge < -0.3 is 4.74 Å². The number of hydrogen-bond acceptors (Lipinski definition) is 1. The van der Waals surface area contributed by atoms with Gasteiger partial charge in [0.2, 0.25) is 0 Å². The fourth-order valence-corrected chi connectivity index (χ4v) is 1.57. The number of halogens is 1. The fraction of sp³-hybridized carbons (Fsp3) is 0.778. The summed E-state index contributed by atoms with van der Waals surface area (Å²) >= 11 is 3.41. The topological polar surface area (TPSA) is 9.23 Å². The average molecular weight is 219 g/mol. The molecule has 1 nitrogen and oxygen atoms in total. The third kappa shape index (κ3) is 2.96. The van der Waals surface area contributed by atoms with Crippen LogP contribution in [-0.4, -0.2) is 18.5 Å². The van der Waals surface area contributed by atoms with Crippen LogP contribution in [0.5, 0.6) is 0 Å². The molecule has 1 aliphatic rings. The van der Waals surface area contributed by atoms with Crippen LogP contribution in [0.25, 0.3) is 0 Å². The maximum absolute atomic E-state index is 5.31. The monoisotopic (exact) mass is 218 g/mol. The van der Waals surface area contributed by atoms with E-state index in [1.807, 2.05) is 0 Å². The van der Waals surface area contributed by atoms with Crippen molar-refractivity contribution in [3.05, 3.63) is 11.6 Å². The van der Waals surface area contributed by atoms with Gasteiger partial charge >= 0.3 is 0 Å². The fourth-order valence-electron chi connectivity index (χ4n) is 1.34. The molecule has 0 aromatic rings. The van der Waals surface area contributed by atoms with Crippen LogP contribution >= 0.6 is 15.9 Å². The molecule has 64 valence electrons. The number of rotatable bonds is 3. The normalized spacial score (nSPS) is 26.0. The first kappa shape index (κ1) is 9.27. The third-order valence-electron chi connectivity index (χ3n) is 2.15. The Morgan fingerprint density at radius 2 is 2.55 bits per heavy atom. The summed E-state index contributed by atoms with van der Waals surface area (Å²) in [5.41, 5.74) is 1.50. The van der Waals surface area contributed by atoms with Crippen molar-refractivity contribution in [1.82, 2.24) is 0 Å². The van der Waals surface area contributed by atoms with Crippen molar-refractivity contribution in [1.29, 1.82) is 0 Å². The molecule has 1 heterocycles. The van der Waals surface area contributed by atoms with Crippen molar-refractivity contribution < 1.29 is 4.74 Å². The largest absolute Gasteiger partial charge is 0.381 e. The Morgan fingerprint density at radius 3 is 3.09 bits per heavy atom. The molecule has 1 unspecified atom stereocenters. The van der Waals surface area contributed by atoms with Gasteiger partial charge in [-0.2, -0.15) is 0 Å².